The molecule has 2 atom stereocenters. The number of halogens is 3. The number of ether oxygens (including phenoxy) is 1. The van der Waals surface area contributed by atoms with Crippen LogP contribution in [-0.2, 0) is 17.3 Å². The average molecular weight is 384 g/mol. The minimum absolute atomic E-state index is 0.0339. The van der Waals surface area contributed by atoms with Crippen molar-refractivity contribution in [3.63, 3.8) is 0 Å². The zero-order valence-corrected chi connectivity index (χ0v) is 15.7. The molecule has 2 N–H and O–H groups in total. The summed E-state index contributed by atoms with van der Waals surface area (Å²) in [6, 6.07) is 4.04. The Labute approximate surface area is 155 Å². The lowest BCUT2D eigenvalue weighted by Gasteiger charge is -2.36. The van der Waals surface area contributed by atoms with Gasteiger partial charge in [0.2, 0.25) is 0 Å². The van der Waals surface area contributed by atoms with E-state index in [-0.39, 0.29) is 18.5 Å². The second-order valence-electron chi connectivity index (χ2n) is 7.33. The molecule has 1 aromatic carbocycles. The molecule has 1 aliphatic rings. The molecule has 3 rings (SSSR count). The Morgan fingerprint density at radius 1 is 1.30 bits per heavy atom. The van der Waals surface area contributed by atoms with Crippen molar-refractivity contribution in [3.8, 4) is 0 Å². The van der Waals surface area contributed by atoms with Gasteiger partial charge in [0.1, 0.15) is 0 Å². The minimum atomic E-state index is -4.46. The predicted molar refractivity (Wildman–Crippen MR) is 94.2 cm³/mol. The van der Waals surface area contributed by atoms with Gasteiger partial charge in [-0.15, -0.1) is 0 Å². The summed E-state index contributed by atoms with van der Waals surface area (Å²) in [6.07, 6.45) is -4.36. The second-order valence-corrected chi connectivity index (χ2v) is 7.33. The summed E-state index contributed by atoms with van der Waals surface area (Å²) in [6.45, 7) is 6.83. The van der Waals surface area contributed by atoms with Gasteiger partial charge < -0.3 is 14.8 Å². The van der Waals surface area contributed by atoms with Gasteiger partial charge in [0.05, 0.1) is 11.1 Å². The van der Waals surface area contributed by atoms with E-state index in [0.29, 0.717) is 23.1 Å². The molecule has 148 valence electrons. The number of carbonyl (C=O) groups excluding carboxylic acids is 1. The van der Waals surface area contributed by atoms with Gasteiger partial charge in [-0.3, -0.25) is 4.90 Å². The molecule has 0 saturated carbocycles. The quantitative estimate of drug-likeness (QED) is 0.823. The molecule has 1 fully saturated rings. The van der Waals surface area contributed by atoms with Crippen LogP contribution in [0.25, 0.3) is 10.9 Å². The summed E-state index contributed by atoms with van der Waals surface area (Å²) in [5, 5.41) is 11.3. The number of hydrogen-bond acceptors (Lipinski definition) is 3. The minimum Gasteiger partial charge on any atom is -0.438 e. The van der Waals surface area contributed by atoms with Crippen molar-refractivity contribution in [2.75, 3.05) is 6.54 Å². The first-order chi connectivity index (χ1) is 12.4. The second kappa shape index (κ2) is 6.15. The third-order valence-electron chi connectivity index (χ3n) is 5.78. The number of aromatic nitrogens is 1. The smallest absolute Gasteiger partial charge is 0.418 e. The van der Waals surface area contributed by atoms with E-state index in [1.165, 1.54) is 17.9 Å². The molecule has 1 saturated heterocycles. The topological polar surface area (TPSA) is 65.6 Å². The maximum absolute atomic E-state index is 13.2. The number of benzene rings is 1. The van der Waals surface area contributed by atoms with Crippen LogP contribution in [-0.4, -0.2) is 39.0 Å². The van der Waals surface area contributed by atoms with Crippen LogP contribution in [0.2, 0.25) is 0 Å². The fraction of sp³-hybridized carbons (Fsp3) is 0.526. The summed E-state index contributed by atoms with van der Waals surface area (Å²) in [4.78, 5) is 16.3. The zero-order valence-electron chi connectivity index (χ0n) is 15.7. The van der Waals surface area contributed by atoms with Crippen molar-refractivity contribution in [2.24, 2.45) is 0 Å². The summed E-state index contributed by atoms with van der Waals surface area (Å²) < 4.78 is 45.1. The number of rotatable bonds is 4. The molecule has 5 nitrogen and oxygen atoms in total. The summed E-state index contributed by atoms with van der Waals surface area (Å²) in [5.74, 6) is 0. The Morgan fingerprint density at radius 3 is 2.52 bits per heavy atom. The number of hydrogen-bond donors (Lipinski definition) is 2. The van der Waals surface area contributed by atoms with E-state index < -0.39 is 29.2 Å². The first-order valence-corrected chi connectivity index (χ1v) is 8.82. The van der Waals surface area contributed by atoms with Crippen molar-refractivity contribution in [1.29, 1.82) is 0 Å². The number of aliphatic hydroxyl groups is 1. The van der Waals surface area contributed by atoms with E-state index in [0.717, 1.165) is 6.07 Å². The summed E-state index contributed by atoms with van der Waals surface area (Å²) >= 11 is 0. The number of para-hydroxylation sites is 1. The van der Waals surface area contributed by atoms with E-state index in [1.54, 1.807) is 19.9 Å². The van der Waals surface area contributed by atoms with Crippen LogP contribution in [0.15, 0.2) is 18.2 Å². The van der Waals surface area contributed by atoms with Gasteiger partial charge >= 0.3 is 12.3 Å². The van der Waals surface area contributed by atoms with Crippen molar-refractivity contribution in [3.05, 3.63) is 35.0 Å². The molecule has 1 aliphatic heterocycles. The van der Waals surface area contributed by atoms with E-state index in [1.807, 2.05) is 6.92 Å². The number of alkyl halides is 3. The van der Waals surface area contributed by atoms with E-state index >= 15 is 0 Å². The lowest BCUT2D eigenvalue weighted by Crippen LogP contribution is -2.55. The number of nitrogens with one attached hydrogen (secondary N) is 1. The largest absolute Gasteiger partial charge is 0.438 e. The summed E-state index contributed by atoms with van der Waals surface area (Å²) in [7, 11) is 0. The molecule has 0 bridgehead atoms. The highest BCUT2D eigenvalue weighted by Gasteiger charge is 2.58. The van der Waals surface area contributed by atoms with Crippen molar-refractivity contribution in [1.82, 2.24) is 9.88 Å². The highest BCUT2D eigenvalue weighted by molar-refractivity contribution is 5.88. The molecule has 2 heterocycles. The first-order valence-electron chi connectivity index (χ1n) is 8.82. The third-order valence-corrected chi connectivity index (χ3v) is 5.78. The molecule has 0 spiro atoms. The Bertz CT molecular complexity index is 888. The van der Waals surface area contributed by atoms with Crippen molar-refractivity contribution >= 4 is 17.0 Å². The van der Waals surface area contributed by atoms with Gasteiger partial charge in [0.15, 0.2) is 11.3 Å². The van der Waals surface area contributed by atoms with Crippen LogP contribution in [0.1, 0.15) is 44.0 Å². The van der Waals surface area contributed by atoms with Crippen LogP contribution in [0.5, 0.6) is 0 Å². The number of aromatic amines is 1. The van der Waals surface area contributed by atoms with Gasteiger partial charge in [-0.2, -0.15) is 13.2 Å². The highest BCUT2D eigenvalue weighted by Crippen LogP contribution is 2.40. The molecule has 8 heteroatoms. The van der Waals surface area contributed by atoms with E-state index in [9.17, 15) is 23.1 Å². The Balaban J connectivity index is 1.93. The normalized spacial score (nSPS) is 26.1. The molecular formula is C19H23F3N2O3. The lowest BCUT2D eigenvalue weighted by atomic mass is 9.90. The molecular weight excluding hydrogens is 361 g/mol. The number of aryl methyl sites for hydroxylation is 1. The molecule has 0 radical (unpaired) electrons. The average Bonchev–Trinajstić information content (AvgIpc) is 2.96. The SMILES string of the molecule is CC[C@@]1(C)OC(=O)N(CCc2c(C)[nH]c3c(C(F)(F)F)cccc23)[C@]1(C)O. The number of carbonyl (C=O) groups is 1. The zero-order chi connectivity index (χ0) is 20.2. The standard InChI is InChI=1S/C19H23F3N2O3/c1-5-17(3)18(4,26)24(16(25)27-17)10-9-12-11(2)23-15-13(12)7-6-8-14(15)19(20,21)22/h6-8,23,26H,5,9-10H2,1-4H3/t17-,18-/m1/s1. The third kappa shape index (κ3) is 2.96. The number of amides is 1. The van der Waals surface area contributed by atoms with Gasteiger partial charge in [-0.1, -0.05) is 19.1 Å². The lowest BCUT2D eigenvalue weighted by molar-refractivity contribution is -0.137. The van der Waals surface area contributed by atoms with Crippen LogP contribution < -0.4 is 0 Å². The molecule has 0 aliphatic carbocycles. The monoisotopic (exact) mass is 384 g/mol. The van der Waals surface area contributed by atoms with Gasteiger partial charge in [-0.05, 0) is 45.2 Å². The number of cyclic esters (lactones) is 1. The Morgan fingerprint density at radius 2 is 1.96 bits per heavy atom. The molecule has 1 aromatic heterocycles. The molecule has 0 unspecified atom stereocenters. The van der Waals surface area contributed by atoms with Crippen LogP contribution in [0, 0.1) is 6.92 Å². The number of nitrogens with zero attached hydrogens (tertiary/aromatic N) is 1. The van der Waals surface area contributed by atoms with Crippen molar-refractivity contribution < 1.29 is 27.8 Å². The Hall–Kier alpha value is -2.22. The molecule has 1 amide bonds. The molecule has 27 heavy (non-hydrogen) atoms. The van der Waals surface area contributed by atoms with Gasteiger partial charge in [0, 0.05) is 17.6 Å². The fourth-order valence-electron chi connectivity index (χ4n) is 3.71. The number of H-pyrrole nitrogens is 1. The molecule has 2 aromatic rings. The number of fused-ring (bicyclic) bond motifs is 1. The fourth-order valence-corrected chi connectivity index (χ4v) is 3.71. The summed E-state index contributed by atoms with van der Waals surface area (Å²) in [5.41, 5.74) is -1.94. The maximum atomic E-state index is 13.2. The highest BCUT2D eigenvalue weighted by atomic mass is 19.4. The predicted octanol–water partition coefficient (Wildman–Crippen LogP) is 4.37. The van der Waals surface area contributed by atoms with E-state index in [4.69, 9.17) is 4.74 Å². The Kier molecular flexibility index (Phi) is 4.45. The van der Waals surface area contributed by atoms with Gasteiger partial charge in [0.25, 0.3) is 0 Å². The first kappa shape index (κ1) is 19.5. The van der Waals surface area contributed by atoms with Crippen LogP contribution >= 0.6 is 0 Å². The van der Waals surface area contributed by atoms with Crippen molar-refractivity contribution in [2.45, 2.75) is 58.0 Å². The van der Waals surface area contributed by atoms with Crippen LogP contribution in [0.3, 0.4) is 0 Å². The van der Waals surface area contributed by atoms with Gasteiger partial charge in [-0.25, -0.2) is 4.79 Å². The van der Waals surface area contributed by atoms with Crippen LogP contribution in [0.4, 0.5) is 18.0 Å². The van der Waals surface area contributed by atoms with E-state index in [2.05, 4.69) is 4.98 Å². The maximum Gasteiger partial charge on any atom is 0.418 e.